The van der Waals surface area contributed by atoms with Gasteiger partial charge in [0.2, 0.25) is 0 Å². The van der Waals surface area contributed by atoms with Crippen molar-refractivity contribution in [3.8, 4) is 11.8 Å². The summed E-state index contributed by atoms with van der Waals surface area (Å²) in [5.41, 5.74) is -0.422. The summed E-state index contributed by atoms with van der Waals surface area (Å²) in [4.78, 5) is 3.10. The summed E-state index contributed by atoms with van der Waals surface area (Å²) >= 11 is 1.52. The molecule has 2 aromatic rings. The van der Waals surface area contributed by atoms with Crippen molar-refractivity contribution in [2.45, 2.75) is 5.60 Å². The lowest BCUT2D eigenvalue weighted by atomic mass is 9.93. The van der Waals surface area contributed by atoms with Gasteiger partial charge in [-0.15, -0.1) is 11.3 Å². The highest BCUT2D eigenvalue weighted by Gasteiger charge is 2.30. The second-order valence-corrected chi connectivity index (χ2v) is 6.19. The third kappa shape index (κ3) is 3.40. The minimum Gasteiger partial charge on any atom is -0.379 e. The molecular weight excluding hydrogens is 294 g/mol. The molecule has 3 nitrogen and oxygen atoms in total. The normalized spacial score (nSPS) is 18.2. The molecule has 0 spiro atoms. The molecule has 114 valence electrons. The van der Waals surface area contributed by atoms with Gasteiger partial charge in [0.15, 0.2) is 5.60 Å². The molecule has 2 heterocycles. The minimum atomic E-state index is -1.23. The lowest BCUT2D eigenvalue weighted by Gasteiger charge is -2.25. The Labute approximate surface area is 135 Å². The number of morpholine rings is 1. The molecule has 0 saturated carbocycles. The molecule has 1 aromatic heterocycles. The fourth-order valence-corrected chi connectivity index (χ4v) is 3.28. The van der Waals surface area contributed by atoms with Crippen LogP contribution in [0.2, 0.25) is 0 Å². The first-order chi connectivity index (χ1) is 10.8. The van der Waals surface area contributed by atoms with Gasteiger partial charge in [0.25, 0.3) is 0 Å². The van der Waals surface area contributed by atoms with Crippen molar-refractivity contribution >= 4 is 11.3 Å². The van der Waals surface area contributed by atoms with Crippen LogP contribution in [0.15, 0.2) is 47.8 Å². The Balaban J connectivity index is 1.84. The maximum Gasteiger partial charge on any atom is 0.186 e. The zero-order valence-corrected chi connectivity index (χ0v) is 13.2. The van der Waals surface area contributed by atoms with Crippen LogP contribution < -0.4 is 0 Å². The molecule has 0 unspecified atom stereocenters. The molecule has 22 heavy (non-hydrogen) atoms. The van der Waals surface area contributed by atoms with Gasteiger partial charge < -0.3 is 9.84 Å². The maximum atomic E-state index is 11.2. The fraction of sp³-hybridized carbons (Fsp3) is 0.333. The molecule has 0 bridgehead atoms. The van der Waals surface area contributed by atoms with Crippen molar-refractivity contribution in [2.75, 3.05) is 32.8 Å². The summed E-state index contributed by atoms with van der Waals surface area (Å²) in [7, 11) is 0. The first-order valence-corrected chi connectivity index (χ1v) is 8.29. The van der Waals surface area contributed by atoms with E-state index in [1.807, 2.05) is 47.8 Å². The number of hydrogen-bond donors (Lipinski definition) is 1. The van der Waals surface area contributed by atoms with Crippen molar-refractivity contribution in [1.29, 1.82) is 0 Å². The number of aliphatic hydroxyl groups is 1. The highest BCUT2D eigenvalue weighted by Crippen LogP contribution is 2.32. The van der Waals surface area contributed by atoms with Gasteiger partial charge in [-0.25, -0.2) is 0 Å². The molecule has 1 saturated heterocycles. The highest BCUT2D eigenvalue weighted by molar-refractivity contribution is 7.10. The van der Waals surface area contributed by atoms with Gasteiger partial charge in [-0.2, -0.15) is 0 Å². The molecule has 1 aliphatic rings. The standard InChI is InChI=1S/C18H19NO2S/c20-18(17-8-4-15-22-17,16-6-2-1-3-7-16)9-5-10-19-11-13-21-14-12-19/h1-4,6-8,15,20H,10-14H2/t18-/m1/s1. The molecule has 1 atom stereocenters. The molecular formula is C18H19NO2S. The Hall–Kier alpha value is -1.64. The Bertz CT molecular complexity index is 639. The highest BCUT2D eigenvalue weighted by atomic mass is 32.1. The number of ether oxygens (including phenoxy) is 1. The number of hydrogen-bond acceptors (Lipinski definition) is 4. The Kier molecular flexibility index (Phi) is 4.91. The van der Waals surface area contributed by atoms with Crippen molar-refractivity contribution < 1.29 is 9.84 Å². The van der Waals surface area contributed by atoms with E-state index in [0.29, 0.717) is 6.54 Å². The summed E-state index contributed by atoms with van der Waals surface area (Å²) in [6, 6.07) is 13.5. The number of nitrogens with zero attached hydrogens (tertiary/aromatic N) is 1. The first kappa shape index (κ1) is 15.3. The Morgan fingerprint density at radius 3 is 2.59 bits per heavy atom. The van der Waals surface area contributed by atoms with E-state index in [-0.39, 0.29) is 0 Å². The predicted octanol–water partition coefficient (Wildman–Crippen LogP) is 2.32. The van der Waals surface area contributed by atoms with Crippen LogP contribution in [0.5, 0.6) is 0 Å². The summed E-state index contributed by atoms with van der Waals surface area (Å²) in [5.74, 6) is 6.26. The van der Waals surface area contributed by atoms with E-state index in [0.717, 1.165) is 36.7 Å². The average molecular weight is 313 g/mol. The lowest BCUT2D eigenvalue weighted by Crippen LogP contribution is -2.36. The van der Waals surface area contributed by atoms with E-state index >= 15 is 0 Å². The van der Waals surface area contributed by atoms with E-state index < -0.39 is 5.60 Å². The van der Waals surface area contributed by atoms with Gasteiger partial charge in [0.1, 0.15) is 0 Å². The van der Waals surface area contributed by atoms with Crippen LogP contribution in [0.25, 0.3) is 0 Å². The third-order valence-corrected chi connectivity index (χ3v) is 4.72. The van der Waals surface area contributed by atoms with Crippen LogP contribution in [0.1, 0.15) is 10.4 Å². The average Bonchev–Trinajstić information content (AvgIpc) is 3.12. The smallest absolute Gasteiger partial charge is 0.186 e. The zero-order valence-electron chi connectivity index (χ0n) is 12.4. The Morgan fingerprint density at radius 1 is 1.14 bits per heavy atom. The first-order valence-electron chi connectivity index (χ1n) is 7.41. The van der Waals surface area contributed by atoms with Gasteiger partial charge in [-0.1, -0.05) is 48.2 Å². The number of rotatable bonds is 3. The second kappa shape index (κ2) is 7.08. The van der Waals surface area contributed by atoms with Crippen molar-refractivity contribution in [2.24, 2.45) is 0 Å². The predicted molar refractivity (Wildman–Crippen MR) is 88.8 cm³/mol. The monoisotopic (exact) mass is 313 g/mol. The molecule has 1 aliphatic heterocycles. The van der Waals surface area contributed by atoms with E-state index in [2.05, 4.69) is 16.7 Å². The summed E-state index contributed by atoms with van der Waals surface area (Å²) in [6.45, 7) is 3.98. The molecule has 1 fully saturated rings. The van der Waals surface area contributed by atoms with Crippen molar-refractivity contribution in [3.63, 3.8) is 0 Å². The van der Waals surface area contributed by atoms with Crippen LogP contribution in [0, 0.1) is 11.8 Å². The quantitative estimate of drug-likeness (QED) is 0.883. The third-order valence-electron chi connectivity index (χ3n) is 3.74. The molecule has 4 heteroatoms. The van der Waals surface area contributed by atoms with E-state index in [9.17, 15) is 5.11 Å². The maximum absolute atomic E-state index is 11.2. The van der Waals surface area contributed by atoms with Gasteiger partial charge in [-0.3, -0.25) is 4.90 Å². The van der Waals surface area contributed by atoms with Crippen LogP contribution in [-0.2, 0) is 10.3 Å². The summed E-state index contributed by atoms with van der Waals surface area (Å²) in [5, 5.41) is 13.1. The molecule has 0 aliphatic carbocycles. The van der Waals surface area contributed by atoms with Gasteiger partial charge >= 0.3 is 0 Å². The lowest BCUT2D eigenvalue weighted by molar-refractivity contribution is 0.0442. The van der Waals surface area contributed by atoms with E-state index in [1.165, 1.54) is 11.3 Å². The zero-order chi connectivity index (χ0) is 15.3. The summed E-state index contributed by atoms with van der Waals surface area (Å²) in [6.07, 6.45) is 0. The van der Waals surface area contributed by atoms with Crippen molar-refractivity contribution in [1.82, 2.24) is 4.90 Å². The molecule has 1 aromatic carbocycles. The van der Waals surface area contributed by atoms with Gasteiger partial charge in [-0.05, 0) is 11.4 Å². The minimum absolute atomic E-state index is 0.657. The molecule has 0 amide bonds. The van der Waals surface area contributed by atoms with Crippen LogP contribution >= 0.6 is 11.3 Å². The summed E-state index contributed by atoms with van der Waals surface area (Å²) < 4.78 is 5.34. The van der Waals surface area contributed by atoms with Gasteiger partial charge in [0.05, 0.1) is 24.6 Å². The second-order valence-electron chi connectivity index (χ2n) is 5.24. The molecule has 3 rings (SSSR count). The van der Waals surface area contributed by atoms with Crippen LogP contribution in [0.3, 0.4) is 0 Å². The number of thiophene rings is 1. The molecule has 0 radical (unpaired) electrons. The van der Waals surface area contributed by atoms with Crippen LogP contribution in [-0.4, -0.2) is 42.9 Å². The number of benzene rings is 1. The van der Waals surface area contributed by atoms with Gasteiger partial charge in [0, 0.05) is 18.7 Å². The van der Waals surface area contributed by atoms with Crippen LogP contribution in [0.4, 0.5) is 0 Å². The fourth-order valence-electron chi connectivity index (χ4n) is 2.48. The van der Waals surface area contributed by atoms with Crippen molar-refractivity contribution in [3.05, 3.63) is 58.3 Å². The topological polar surface area (TPSA) is 32.7 Å². The SMILES string of the molecule is O[C@](C#CCN1CCOCC1)(c1ccccc1)c1cccs1. The van der Waals surface area contributed by atoms with E-state index in [1.54, 1.807) is 0 Å². The van der Waals surface area contributed by atoms with E-state index in [4.69, 9.17) is 4.74 Å². The molecule has 1 N–H and O–H groups in total. The largest absolute Gasteiger partial charge is 0.379 e. The Morgan fingerprint density at radius 2 is 1.91 bits per heavy atom.